The summed E-state index contributed by atoms with van der Waals surface area (Å²) in [5.74, 6) is -0.208. The lowest BCUT2D eigenvalue weighted by Crippen LogP contribution is -2.61. The van der Waals surface area contributed by atoms with Crippen molar-refractivity contribution in [1.82, 2.24) is 20.0 Å². The van der Waals surface area contributed by atoms with E-state index in [4.69, 9.17) is 16.3 Å². The molecule has 1 saturated carbocycles. The molecule has 0 aromatic heterocycles. The van der Waals surface area contributed by atoms with Crippen LogP contribution in [0.3, 0.4) is 0 Å². The molecule has 35 heavy (non-hydrogen) atoms. The molecule has 0 radical (unpaired) electrons. The number of rotatable bonds is 7. The number of nitrogens with zero attached hydrogens (tertiary/aromatic N) is 3. The molecule has 1 aromatic carbocycles. The largest absolute Gasteiger partial charge is 0.466 e. The molecule has 3 fully saturated rings. The number of hydrogen-bond donors (Lipinski definition) is 1. The van der Waals surface area contributed by atoms with Crippen molar-refractivity contribution in [3.05, 3.63) is 34.9 Å². The summed E-state index contributed by atoms with van der Waals surface area (Å²) in [5, 5.41) is 3.74. The van der Waals surface area contributed by atoms with Crippen molar-refractivity contribution < 1.29 is 19.1 Å². The maximum atomic E-state index is 13.7. The molecule has 8 nitrogen and oxygen atoms in total. The van der Waals surface area contributed by atoms with Gasteiger partial charge in [0.1, 0.15) is 6.04 Å². The molecular formula is C26H37ClN4O4. The summed E-state index contributed by atoms with van der Waals surface area (Å²) in [4.78, 5) is 45.0. The van der Waals surface area contributed by atoms with Gasteiger partial charge in [-0.25, -0.2) is 0 Å². The van der Waals surface area contributed by atoms with E-state index in [9.17, 15) is 14.4 Å². The maximum Gasteiger partial charge on any atom is 0.310 e. The first kappa shape index (κ1) is 25.9. The van der Waals surface area contributed by atoms with Crippen LogP contribution in [0.4, 0.5) is 0 Å². The van der Waals surface area contributed by atoms with Crippen LogP contribution in [-0.2, 0) is 25.5 Å². The number of benzene rings is 1. The van der Waals surface area contributed by atoms with Crippen molar-refractivity contribution >= 4 is 29.4 Å². The van der Waals surface area contributed by atoms with E-state index < -0.39 is 6.04 Å². The van der Waals surface area contributed by atoms with E-state index in [1.807, 2.05) is 36.1 Å². The number of esters is 1. The van der Waals surface area contributed by atoms with E-state index in [2.05, 4.69) is 10.2 Å². The highest BCUT2D eigenvalue weighted by atomic mass is 35.5. The van der Waals surface area contributed by atoms with Crippen LogP contribution in [-0.4, -0.2) is 97.0 Å². The second-order valence-corrected chi connectivity index (χ2v) is 10.1. The molecule has 2 aliphatic heterocycles. The zero-order valence-corrected chi connectivity index (χ0v) is 21.3. The van der Waals surface area contributed by atoms with Crippen LogP contribution in [0.15, 0.2) is 24.3 Å². The van der Waals surface area contributed by atoms with Gasteiger partial charge in [0.25, 0.3) is 0 Å². The molecule has 3 aliphatic rings. The minimum absolute atomic E-state index is 0.000405. The van der Waals surface area contributed by atoms with Crippen LogP contribution >= 0.6 is 11.6 Å². The Morgan fingerprint density at radius 1 is 1.09 bits per heavy atom. The van der Waals surface area contributed by atoms with Crippen LogP contribution < -0.4 is 5.32 Å². The summed E-state index contributed by atoms with van der Waals surface area (Å²) in [6.45, 7) is 6.38. The number of piperazine rings is 2. The normalized spacial score (nSPS) is 24.8. The maximum absolute atomic E-state index is 13.7. The van der Waals surface area contributed by atoms with Gasteiger partial charge in [0, 0.05) is 56.8 Å². The summed E-state index contributed by atoms with van der Waals surface area (Å²) in [6, 6.07) is 7.14. The van der Waals surface area contributed by atoms with Gasteiger partial charge in [0.2, 0.25) is 11.8 Å². The zero-order valence-electron chi connectivity index (χ0n) is 20.6. The standard InChI is InChI=1S/C26H37ClN4O4/c1-2-35-26(34)21-5-3-4-6-22(21)29-13-15-30(16-14-29)25(33)23(31-12-11-28-18-24(31)32)17-19-7-9-20(27)10-8-19/h7-10,21-23,28H,2-6,11-18H2,1H3. The minimum atomic E-state index is -0.528. The van der Waals surface area contributed by atoms with Gasteiger partial charge in [-0.05, 0) is 37.5 Å². The molecule has 192 valence electrons. The van der Waals surface area contributed by atoms with Gasteiger partial charge in [0.05, 0.1) is 19.1 Å². The van der Waals surface area contributed by atoms with Crippen molar-refractivity contribution in [2.45, 2.75) is 51.1 Å². The molecule has 3 unspecified atom stereocenters. The van der Waals surface area contributed by atoms with E-state index in [1.54, 1.807) is 4.90 Å². The average molecular weight is 505 g/mol. The highest BCUT2D eigenvalue weighted by molar-refractivity contribution is 6.30. The zero-order chi connectivity index (χ0) is 24.8. The molecule has 2 saturated heterocycles. The molecule has 2 heterocycles. The van der Waals surface area contributed by atoms with Crippen LogP contribution in [0.2, 0.25) is 5.02 Å². The smallest absolute Gasteiger partial charge is 0.310 e. The Hall–Kier alpha value is -2.16. The van der Waals surface area contributed by atoms with Crippen molar-refractivity contribution in [2.75, 3.05) is 52.4 Å². The second-order valence-electron chi connectivity index (χ2n) is 9.68. The van der Waals surface area contributed by atoms with E-state index >= 15 is 0 Å². The number of carbonyl (C=O) groups excluding carboxylic acids is 3. The molecular weight excluding hydrogens is 468 g/mol. The fourth-order valence-electron chi connectivity index (χ4n) is 5.68. The number of ether oxygens (including phenoxy) is 1. The molecule has 0 spiro atoms. The van der Waals surface area contributed by atoms with Crippen molar-refractivity contribution in [3.8, 4) is 0 Å². The second kappa shape index (κ2) is 12.2. The van der Waals surface area contributed by atoms with Crippen LogP contribution in [0.25, 0.3) is 0 Å². The number of amides is 2. The first-order valence-corrected chi connectivity index (χ1v) is 13.3. The van der Waals surface area contributed by atoms with Crippen molar-refractivity contribution in [2.24, 2.45) is 5.92 Å². The van der Waals surface area contributed by atoms with E-state index in [0.717, 1.165) is 44.3 Å². The molecule has 9 heteroatoms. The Morgan fingerprint density at radius 3 is 2.49 bits per heavy atom. The lowest BCUT2D eigenvalue weighted by Gasteiger charge is -2.44. The summed E-state index contributed by atoms with van der Waals surface area (Å²) in [5.41, 5.74) is 0.984. The molecule has 1 aliphatic carbocycles. The average Bonchev–Trinajstić information content (AvgIpc) is 2.89. The summed E-state index contributed by atoms with van der Waals surface area (Å²) in [7, 11) is 0. The third-order valence-corrected chi connectivity index (χ3v) is 7.80. The fraction of sp³-hybridized carbons (Fsp3) is 0.654. The Bertz CT molecular complexity index is 888. The molecule has 0 bridgehead atoms. The van der Waals surface area contributed by atoms with Gasteiger partial charge >= 0.3 is 5.97 Å². The topological polar surface area (TPSA) is 82.2 Å². The predicted octanol–water partition coefficient (Wildman–Crippen LogP) is 1.95. The van der Waals surface area contributed by atoms with Gasteiger partial charge in [-0.3, -0.25) is 19.3 Å². The van der Waals surface area contributed by atoms with Crippen LogP contribution in [0.5, 0.6) is 0 Å². The monoisotopic (exact) mass is 504 g/mol. The van der Waals surface area contributed by atoms with Gasteiger partial charge in [0.15, 0.2) is 0 Å². The lowest BCUT2D eigenvalue weighted by molar-refractivity contribution is -0.153. The van der Waals surface area contributed by atoms with Crippen molar-refractivity contribution in [1.29, 1.82) is 0 Å². The van der Waals surface area contributed by atoms with Crippen molar-refractivity contribution in [3.63, 3.8) is 0 Å². The summed E-state index contributed by atoms with van der Waals surface area (Å²) in [6.07, 6.45) is 4.51. The summed E-state index contributed by atoms with van der Waals surface area (Å²) < 4.78 is 5.35. The van der Waals surface area contributed by atoms with Gasteiger partial charge < -0.3 is 19.9 Å². The number of nitrogens with one attached hydrogen (secondary N) is 1. The Morgan fingerprint density at radius 2 is 1.80 bits per heavy atom. The SMILES string of the molecule is CCOC(=O)C1CCCCC1N1CCN(C(=O)C(Cc2ccc(Cl)cc2)N2CCNCC2=O)CC1. The van der Waals surface area contributed by atoms with Crippen LogP contribution in [0.1, 0.15) is 38.2 Å². The number of hydrogen-bond acceptors (Lipinski definition) is 6. The fourth-order valence-corrected chi connectivity index (χ4v) is 5.81. The summed E-state index contributed by atoms with van der Waals surface area (Å²) >= 11 is 6.05. The highest BCUT2D eigenvalue weighted by Gasteiger charge is 2.39. The third kappa shape index (κ3) is 6.35. The first-order chi connectivity index (χ1) is 17.0. The molecule has 2 amide bonds. The van der Waals surface area contributed by atoms with Gasteiger partial charge in [-0.2, -0.15) is 0 Å². The Balaban J connectivity index is 1.43. The molecule has 3 atom stereocenters. The highest BCUT2D eigenvalue weighted by Crippen LogP contribution is 2.30. The predicted molar refractivity (Wildman–Crippen MR) is 134 cm³/mol. The Labute approximate surface area is 212 Å². The van der Waals surface area contributed by atoms with E-state index in [1.165, 1.54) is 0 Å². The van der Waals surface area contributed by atoms with Crippen LogP contribution in [0, 0.1) is 5.92 Å². The Kier molecular flexibility index (Phi) is 9.03. The lowest BCUT2D eigenvalue weighted by atomic mass is 9.83. The third-order valence-electron chi connectivity index (χ3n) is 7.54. The quantitative estimate of drug-likeness (QED) is 0.572. The van der Waals surface area contributed by atoms with Gasteiger partial charge in [-0.15, -0.1) is 0 Å². The molecule has 1 aromatic rings. The molecule has 4 rings (SSSR count). The van der Waals surface area contributed by atoms with E-state index in [-0.39, 0.29) is 36.3 Å². The first-order valence-electron chi connectivity index (χ1n) is 12.9. The number of carbonyl (C=O) groups is 3. The number of halogens is 1. The van der Waals surface area contributed by atoms with E-state index in [0.29, 0.717) is 44.2 Å². The minimum Gasteiger partial charge on any atom is -0.466 e. The molecule has 1 N–H and O–H groups in total. The van der Waals surface area contributed by atoms with Gasteiger partial charge in [-0.1, -0.05) is 36.6 Å².